The minimum Gasteiger partial charge on any atom is -0.478 e. The lowest BCUT2D eigenvalue weighted by Gasteiger charge is -2.22. The average Bonchev–Trinajstić information content (AvgIpc) is 2.24. The summed E-state index contributed by atoms with van der Waals surface area (Å²) >= 11 is 0. The van der Waals surface area contributed by atoms with Gasteiger partial charge in [0.25, 0.3) is 0 Å². The lowest BCUT2D eigenvalue weighted by Crippen LogP contribution is -2.07. The van der Waals surface area contributed by atoms with Gasteiger partial charge >= 0.3 is 5.97 Å². The number of benzene rings is 1. The van der Waals surface area contributed by atoms with Crippen LogP contribution in [0.1, 0.15) is 57.0 Å². The molecule has 0 aliphatic carbocycles. The summed E-state index contributed by atoms with van der Waals surface area (Å²) in [5.41, 5.74) is 4.27. The minimum absolute atomic E-state index is 0.220. The zero-order chi connectivity index (χ0) is 13.9. The zero-order valence-corrected chi connectivity index (χ0v) is 11.9. The predicted octanol–water partition coefficient (Wildman–Crippen LogP) is 4.61. The molecule has 0 heterocycles. The standard InChI is InChI=1S/C16H22O2/c1-11(2)14(10-16(3,4)5)12-6-8-13(9-7-12)15(17)18/h6-9H,10H2,1-5H3,(H,17,18). The second-order valence-electron chi connectivity index (χ2n) is 6.10. The second-order valence-corrected chi connectivity index (χ2v) is 6.10. The lowest BCUT2D eigenvalue weighted by atomic mass is 9.83. The monoisotopic (exact) mass is 246 g/mol. The fraction of sp³-hybridized carbons (Fsp3) is 0.438. The molecule has 2 heteroatoms. The summed E-state index contributed by atoms with van der Waals surface area (Å²) in [5.74, 6) is -0.879. The Bertz CT molecular complexity index is 455. The van der Waals surface area contributed by atoms with Gasteiger partial charge in [-0.15, -0.1) is 0 Å². The molecular weight excluding hydrogens is 224 g/mol. The van der Waals surface area contributed by atoms with Crippen LogP contribution in [0.5, 0.6) is 0 Å². The molecule has 0 radical (unpaired) electrons. The highest BCUT2D eigenvalue weighted by atomic mass is 16.4. The van der Waals surface area contributed by atoms with Crippen LogP contribution in [-0.2, 0) is 0 Å². The third-order valence-electron chi connectivity index (χ3n) is 2.79. The highest BCUT2D eigenvalue weighted by molar-refractivity contribution is 5.88. The summed E-state index contributed by atoms with van der Waals surface area (Å²) in [4.78, 5) is 10.8. The zero-order valence-electron chi connectivity index (χ0n) is 11.9. The van der Waals surface area contributed by atoms with Gasteiger partial charge in [0, 0.05) is 0 Å². The van der Waals surface area contributed by atoms with Crippen LogP contribution >= 0.6 is 0 Å². The van der Waals surface area contributed by atoms with Crippen LogP contribution < -0.4 is 0 Å². The quantitative estimate of drug-likeness (QED) is 0.845. The highest BCUT2D eigenvalue weighted by Gasteiger charge is 2.15. The minimum atomic E-state index is -0.879. The molecule has 98 valence electrons. The molecule has 0 aliphatic rings. The van der Waals surface area contributed by atoms with Gasteiger partial charge in [-0.1, -0.05) is 38.5 Å². The van der Waals surface area contributed by atoms with E-state index < -0.39 is 5.97 Å². The van der Waals surface area contributed by atoms with Gasteiger partial charge in [-0.2, -0.15) is 0 Å². The van der Waals surface area contributed by atoms with Crippen LogP contribution in [0.3, 0.4) is 0 Å². The fourth-order valence-electron chi connectivity index (χ4n) is 1.91. The van der Waals surface area contributed by atoms with E-state index in [1.165, 1.54) is 11.1 Å². The topological polar surface area (TPSA) is 37.3 Å². The van der Waals surface area contributed by atoms with Crippen LogP contribution in [0.2, 0.25) is 0 Å². The van der Waals surface area contributed by atoms with E-state index >= 15 is 0 Å². The summed E-state index contributed by atoms with van der Waals surface area (Å²) in [7, 11) is 0. The van der Waals surface area contributed by atoms with Crippen molar-refractivity contribution in [2.24, 2.45) is 5.41 Å². The Morgan fingerprint density at radius 3 is 1.83 bits per heavy atom. The molecule has 0 aliphatic heterocycles. The molecule has 2 nitrogen and oxygen atoms in total. The van der Waals surface area contributed by atoms with Gasteiger partial charge < -0.3 is 5.11 Å². The van der Waals surface area contributed by atoms with Crippen molar-refractivity contribution >= 4 is 11.5 Å². The Kier molecular flexibility index (Phi) is 4.33. The predicted molar refractivity (Wildman–Crippen MR) is 75.7 cm³/mol. The smallest absolute Gasteiger partial charge is 0.335 e. The number of aromatic carboxylic acids is 1. The first-order valence-corrected chi connectivity index (χ1v) is 6.21. The third kappa shape index (κ3) is 4.02. The molecule has 0 saturated carbocycles. The molecule has 0 fully saturated rings. The largest absolute Gasteiger partial charge is 0.478 e. The van der Waals surface area contributed by atoms with E-state index in [4.69, 9.17) is 5.11 Å². The van der Waals surface area contributed by atoms with E-state index in [0.717, 1.165) is 12.0 Å². The Labute approximate surface area is 109 Å². The number of carbonyl (C=O) groups is 1. The first-order chi connectivity index (χ1) is 8.20. The molecule has 0 aromatic heterocycles. The van der Waals surface area contributed by atoms with Gasteiger partial charge in [0.1, 0.15) is 0 Å². The third-order valence-corrected chi connectivity index (χ3v) is 2.79. The molecule has 1 rings (SSSR count). The fourth-order valence-corrected chi connectivity index (χ4v) is 1.91. The highest BCUT2D eigenvalue weighted by Crippen LogP contribution is 2.32. The number of hydrogen-bond acceptors (Lipinski definition) is 1. The maximum atomic E-state index is 10.8. The molecule has 1 aromatic rings. The number of rotatable bonds is 3. The van der Waals surface area contributed by atoms with Gasteiger partial charge in [0.15, 0.2) is 0 Å². The Balaban J connectivity index is 3.09. The average molecular weight is 246 g/mol. The summed E-state index contributed by atoms with van der Waals surface area (Å²) in [6, 6.07) is 7.14. The molecular formula is C16H22O2. The van der Waals surface area contributed by atoms with Crippen LogP contribution in [0.4, 0.5) is 0 Å². The maximum Gasteiger partial charge on any atom is 0.335 e. The second kappa shape index (κ2) is 5.38. The first-order valence-electron chi connectivity index (χ1n) is 6.21. The maximum absolute atomic E-state index is 10.8. The summed E-state index contributed by atoms with van der Waals surface area (Å²) in [6.07, 6.45) is 0.988. The van der Waals surface area contributed by atoms with Gasteiger partial charge in [-0.3, -0.25) is 0 Å². The SMILES string of the molecule is CC(C)=C(CC(C)(C)C)c1ccc(C(=O)O)cc1. The number of allylic oxidation sites excluding steroid dienone is 2. The molecule has 0 saturated heterocycles. The van der Waals surface area contributed by atoms with E-state index in [-0.39, 0.29) is 5.41 Å². The van der Waals surface area contributed by atoms with Crippen LogP contribution in [0, 0.1) is 5.41 Å². The van der Waals surface area contributed by atoms with Gasteiger partial charge in [-0.25, -0.2) is 4.79 Å². The van der Waals surface area contributed by atoms with Crippen LogP contribution in [0.25, 0.3) is 5.57 Å². The summed E-state index contributed by atoms with van der Waals surface area (Å²) < 4.78 is 0. The normalized spacial score (nSPS) is 11.2. The molecule has 0 bridgehead atoms. The van der Waals surface area contributed by atoms with Gasteiger partial charge in [0.05, 0.1) is 5.56 Å². The van der Waals surface area contributed by atoms with Crippen molar-refractivity contribution < 1.29 is 9.90 Å². The van der Waals surface area contributed by atoms with Crippen molar-refractivity contribution in [3.8, 4) is 0 Å². The Hall–Kier alpha value is -1.57. The summed E-state index contributed by atoms with van der Waals surface area (Å²) in [5, 5.41) is 8.90. The molecule has 0 spiro atoms. The molecule has 1 aromatic carbocycles. The molecule has 0 amide bonds. The van der Waals surface area contributed by atoms with Gasteiger partial charge in [0.2, 0.25) is 0 Å². The first kappa shape index (κ1) is 14.5. The van der Waals surface area contributed by atoms with Crippen LogP contribution in [-0.4, -0.2) is 11.1 Å². The van der Waals surface area contributed by atoms with Crippen molar-refractivity contribution in [2.75, 3.05) is 0 Å². The Morgan fingerprint density at radius 1 is 1.06 bits per heavy atom. The summed E-state index contributed by atoms with van der Waals surface area (Å²) in [6.45, 7) is 10.8. The van der Waals surface area contributed by atoms with Crippen molar-refractivity contribution in [3.05, 3.63) is 41.0 Å². The molecule has 0 atom stereocenters. The Morgan fingerprint density at radius 2 is 1.50 bits per heavy atom. The van der Waals surface area contributed by atoms with Crippen LogP contribution in [0.15, 0.2) is 29.8 Å². The van der Waals surface area contributed by atoms with Crippen molar-refractivity contribution in [3.63, 3.8) is 0 Å². The molecule has 0 unspecified atom stereocenters. The molecule has 1 N–H and O–H groups in total. The van der Waals surface area contributed by atoms with Crippen molar-refractivity contribution in [1.82, 2.24) is 0 Å². The van der Waals surface area contributed by atoms with Crippen molar-refractivity contribution in [2.45, 2.75) is 41.0 Å². The van der Waals surface area contributed by atoms with Crippen molar-refractivity contribution in [1.29, 1.82) is 0 Å². The van der Waals surface area contributed by atoms with E-state index in [1.807, 2.05) is 12.1 Å². The number of hydrogen-bond donors (Lipinski definition) is 1. The number of carboxylic acid groups (broad SMARTS) is 1. The molecule has 18 heavy (non-hydrogen) atoms. The van der Waals surface area contributed by atoms with E-state index in [9.17, 15) is 4.79 Å². The van der Waals surface area contributed by atoms with E-state index in [1.54, 1.807) is 12.1 Å². The van der Waals surface area contributed by atoms with Gasteiger partial charge in [-0.05, 0) is 49.0 Å². The van der Waals surface area contributed by atoms with E-state index in [0.29, 0.717) is 5.56 Å². The van der Waals surface area contributed by atoms with E-state index in [2.05, 4.69) is 34.6 Å². The lowest BCUT2D eigenvalue weighted by molar-refractivity contribution is 0.0697. The number of carboxylic acids is 1.